The fraction of sp³-hybridized carbons (Fsp3) is 0.333. The maximum Gasteiger partial charge on any atom is 0.255 e. The van der Waals surface area contributed by atoms with E-state index in [0.717, 1.165) is 0 Å². The lowest BCUT2D eigenvalue weighted by atomic mass is 10.0. The number of fused-ring (bicyclic) bond motifs is 2. The van der Waals surface area contributed by atoms with E-state index in [2.05, 4.69) is 20.9 Å². The van der Waals surface area contributed by atoms with E-state index in [1.165, 1.54) is 25.3 Å². The second-order valence-corrected chi connectivity index (χ2v) is 8.75. The fourth-order valence-electron chi connectivity index (χ4n) is 4.19. The molecule has 1 atom stereocenters. The van der Waals surface area contributed by atoms with Crippen molar-refractivity contribution < 1.29 is 28.2 Å². The molecule has 0 spiro atoms. The van der Waals surface area contributed by atoms with Crippen LogP contribution < -0.4 is 25.4 Å². The van der Waals surface area contributed by atoms with Crippen molar-refractivity contribution in [2.24, 2.45) is 0 Å². The molecule has 0 saturated carbocycles. The van der Waals surface area contributed by atoms with Crippen LogP contribution in [-0.2, 0) is 4.79 Å². The number of aromatic nitrogens is 1. The van der Waals surface area contributed by atoms with Crippen molar-refractivity contribution in [2.45, 2.75) is 32.2 Å². The van der Waals surface area contributed by atoms with Crippen LogP contribution in [0.1, 0.15) is 45.7 Å². The first-order chi connectivity index (χ1) is 17.9. The summed E-state index contributed by atoms with van der Waals surface area (Å²) in [5.74, 6) is -0.712. The molecule has 0 saturated heterocycles. The second-order valence-electron chi connectivity index (χ2n) is 8.75. The van der Waals surface area contributed by atoms with Gasteiger partial charge >= 0.3 is 0 Å². The lowest BCUT2D eigenvalue weighted by molar-refractivity contribution is -0.123. The van der Waals surface area contributed by atoms with E-state index < -0.39 is 17.8 Å². The number of ether oxygens (including phenoxy) is 2. The molecule has 4 rings (SSSR count). The zero-order chi connectivity index (χ0) is 26.4. The Kier molecular flexibility index (Phi) is 8.17. The number of hydrogen-bond donors (Lipinski definition) is 3. The van der Waals surface area contributed by atoms with Crippen LogP contribution in [0.5, 0.6) is 11.5 Å². The Balaban J connectivity index is 1.50. The Labute approximate surface area is 213 Å². The number of nitrogens with one attached hydrogen (secondary N) is 3. The quantitative estimate of drug-likeness (QED) is 0.501. The number of benzene rings is 2. The zero-order valence-corrected chi connectivity index (χ0v) is 20.7. The average Bonchev–Trinajstić information content (AvgIpc) is 2.89. The van der Waals surface area contributed by atoms with Crippen molar-refractivity contribution >= 4 is 28.6 Å². The van der Waals surface area contributed by atoms with Crippen LogP contribution in [0, 0.1) is 12.7 Å². The number of hydrogen-bond acceptors (Lipinski definition) is 6. The Morgan fingerprint density at radius 2 is 1.95 bits per heavy atom. The van der Waals surface area contributed by atoms with E-state index in [1.807, 2.05) is 0 Å². The minimum Gasteiger partial charge on any atom is -0.497 e. The standard InChI is InChI=1S/C27H29FN4O5/c1-16-13-21(20-14-17(28)6-9-22(20)31-16)26(34)32-23-5-3-4-10-29-25(33)19-8-7-18(36-2)15-24(19)37-12-11-30-27(23)35/h6-9,13-15,23H,3-5,10-12H2,1-2H3,(H,29,33)(H,30,35)(H,32,34)/t23-/m0/s1. The third-order valence-corrected chi connectivity index (χ3v) is 6.06. The van der Waals surface area contributed by atoms with Crippen LogP contribution in [0.2, 0.25) is 0 Å². The van der Waals surface area contributed by atoms with Crippen molar-refractivity contribution in [3.05, 3.63) is 65.1 Å². The topological polar surface area (TPSA) is 119 Å². The molecule has 2 heterocycles. The maximum atomic E-state index is 13.9. The maximum absolute atomic E-state index is 13.9. The van der Waals surface area contributed by atoms with Crippen molar-refractivity contribution in [3.8, 4) is 11.5 Å². The summed E-state index contributed by atoms with van der Waals surface area (Å²) in [6, 6.07) is 9.76. The second kappa shape index (κ2) is 11.7. The van der Waals surface area contributed by atoms with Crippen molar-refractivity contribution in [2.75, 3.05) is 26.8 Å². The molecule has 0 fully saturated rings. The SMILES string of the molecule is COc1ccc2c(c1)OCCNC(=O)[C@@H](NC(=O)c1cc(C)nc3ccc(F)cc13)CCCCNC2=O. The van der Waals surface area contributed by atoms with E-state index in [9.17, 15) is 18.8 Å². The van der Waals surface area contributed by atoms with Crippen LogP contribution >= 0.6 is 0 Å². The molecule has 1 aliphatic rings. The largest absolute Gasteiger partial charge is 0.497 e. The molecule has 1 aliphatic heterocycles. The highest BCUT2D eigenvalue weighted by Crippen LogP contribution is 2.25. The van der Waals surface area contributed by atoms with Gasteiger partial charge in [-0.3, -0.25) is 19.4 Å². The number of aryl methyl sites for hydroxylation is 1. The molecular weight excluding hydrogens is 479 g/mol. The molecule has 3 N–H and O–H groups in total. The van der Waals surface area contributed by atoms with Gasteiger partial charge in [-0.1, -0.05) is 0 Å². The summed E-state index contributed by atoms with van der Waals surface area (Å²) in [5, 5.41) is 8.82. The molecule has 0 unspecified atom stereocenters. The summed E-state index contributed by atoms with van der Waals surface area (Å²) in [4.78, 5) is 43.2. The molecule has 37 heavy (non-hydrogen) atoms. The number of amides is 3. The number of methoxy groups -OCH3 is 1. The van der Waals surface area contributed by atoms with Crippen LogP contribution in [0.15, 0.2) is 42.5 Å². The van der Waals surface area contributed by atoms with Gasteiger partial charge in [-0.2, -0.15) is 0 Å². The summed E-state index contributed by atoms with van der Waals surface area (Å²) in [6.45, 7) is 2.40. The molecule has 194 valence electrons. The van der Waals surface area contributed by atoms with Gasteiger partial charge in [-0.15, -0.1) is 0 Å². The lowest BCUT2D eigenvalue weighted by Crippen LogP contribution is -2.47. The van der Waals surface area contributed by atoms with Crippen LogP contribution in [0.25, 0.3) is 10.9 Å². The van der Waals surface area contributed by atoms with E-state index in [1.54, 1.807) is 31.2 Å². The van der Waals surface area contributed by atoms with Crippen LogP contribution in [0.3, 0.4) is 0 Å². The Morgan fingerprint density at radius 3 is 2.76 bits per heavy atom. The first-order valence-corrected chi connectivity index (χ1v) is 12.1. The molecule has 9 nitrogen and oxygen atoms in total. The molecule has 3 aromatic rings. The number of rotatable bonds is 3. The number of carbonyl (C=O) groups excluding carboxylic acids is 3. The van der Waals surface area contributed by atoms with Gasteiger partial charge in [0.15, 0.2) is 0 Å². The monoisotopic (exact) mass is 508 g/mol. The normalized spacial score (nSPS) is 17.0. The zero-order valence-electron chi connectivity index (χ0n) is 20.7. The first kappa shape index (κ1) is 25.9. The first-order valence-electron chi connectivity index (χ1n) is 12.1. The highest BCUT2D eigenvalue weighted by Gasteiger charge is 2.23. The Morgan fingerprint density at radius 1 is 1.11 bits per heavy atom. The van der Waals surface area contributed by atoms with Gasteiger partial charge < -0.3 is 25.4 Å². The minimum atomic E-state index is -0.824. The van der Waals surface area contributed by atoms with E-state index >= 15 is 0 Å². The summed E-state index contributed by atoms with van der Waals surface area (Å²) in [6.07, 6.45) is 1.54. The fourth-order valence-corrected chi connectivity index (χ4v) is 4.19. The molecule has 3 amide bonds. The van der Waals surface area contributed by atoms with Gasteiger partial charge in [0, 0.05) is 23.7 Å². The number of carbonyl (C=O) groups is 3. The molecule has 2 aromatic carbocycles. The molecule has 0 bridgehead atoms. The smallest absolute Gasteiger partial charge is 0.255 e. The van der Waals surface area contributed by atoms with Gasteiger partial charge in [-0.05, 0) is 62.6 Å². The summed E-state index contributed by atoms with van der Waals surface area (Å²) < 4.78 is 24.9. The predicted molar refractivity (Wildman–Crippen MR) is 135 cm³/mol. The van der Waals surface area contributed by atoms with E-state index in [-0.39, 0.29) is 30.5 Å². The van der Waals surface area contributed by atoms with Gasteiger partial charge in [0.05, 0.1) is 30.3 Å². The Bertz CT molecular complexity index is 1330. The number of pyridine rings is 1. The predicted octanol–water partition coefficient (Wildman–Crippen LogP) is 2.90. The lowest BCUT2D eigenvalue weighted by Gasteiger charge is -2.20. The van der Waals surface area contributed by atoms with Gasteiger partial charge in [-0.25, -0.2) is 4.39 Å². The van der Waals surface area contributed by atoms with E-state index in [4.69, 9.17) is 9.47 Å². The highest BCUT2D eigenvalue weighted by atomic mass is 19.1. The average molecular weight is 509 g/mol. The van der Waals surface area contributed by atoms with Gasteiger partial charge in [0.2, 0.25) is 5.91 Å². The van der Waals surface area contributed by atoms with Crippen molar-refractivity contribution in [1.82, 2.24) is 20.9 Å². The molecule has 1 aromatic heterocycles. The minimum absolute atomic E-state index is 0.104. The third-order valence-electron chi connectivity index (χ3n) is 6.06. The molecule has 0 radical (unpaired) electrons. The van der Waals surface area contributed by atoms with Crippen LogP contribution in [0.4, 0.5) is 4.39 Å². The highest BCUT2D eigenvalue weighted by molar-refractivity contribution is 6.07. The molecule has 0 aliphatic carbocycles. The number of halogens is 1. The van der Waals surface area contributed by atoms with Crippen molar-refractivity contribution in [1.29, 1.82) is 0 Å². The summed E-state index contributed by atoms with van der Waals surface area (Å²) >= 11 is 0. The molecule has 10 heteroatoms. The Hall–Kier alpha value is -4.21. The summed E-state index contributed by atoms with van der Waals surface area (Å²) in [7, 11) is 1.52. The number of nitrogens with zero attached hydrogens (tertiary/aromatic N) is 1. The van der Waals surface area contributed by atoms with Gasteiger partial charge in [0.1, 0.15) is 30.0 Å². The van der Waals surface area contributed by atoms with Crippen LogP contribution in [-0.4, -0.2) is 55.6 Å². The van der Waals surface area contributed by atoms with Gasteiger partial charge in [0.25, 0.3) is 11.8 Å². The van der Waals surface area contributed by atoms with E-state index in [0.29, 0.717) is 59.5 Å². The molecular formula is C27H29FN4O5. The van der Waals surface area contributed by atoms with Crippen molar-refractivity contribution in [3.63, 3.8) is 0 Å². The summed E-state index contributed by atoms with van der Waals surface area (Å²) in [5.41, 5.74) is 1.72. The third kappa shape index (κ3) is 6.32.